The van der Waals surface area contributed by atoms with Crippen LogP contribution in [0.5, 0.6) is 11.5 Å². The van der Waals surface area contributed by atoms with Gasteiger partial charge in [-0.3, -0.25) is 29.6 Å². The fourth-order valence-electron chi connectivity index (χ4n) is 9.33. The van der Waals surface area contributed by atoms with Gasteiger partial charge in [-0.1, -0.05) is 25.1 Å². The van der Waals surface area contributed by atoms with Crippen molar-refractivity contribution in [1.29, 1.82) is 0 Å². The number of para-hydroxylation sites is 1. The molecule has 7 heterocycles. The number of piperidine rings is 2. The number of nitrogens with zero attached hydrogens (tertiary/aromatic N) is 6. The number of ether oxygens (including phenoxy) is 1. The Morgan fingerprint density at radius 2 is 1.88 bits per heavy atom. The van der Waals surface area contributed by atoms with Gasteiger partial charge in [-0.05, 0) is 98.6 Å². The molecule has 3 atom stereocenters. The van der Waals surface area contributed by atoms with Crippen molar-refractivity contribution >= 4 is 29.2 Å². The van der Waals surface area contributed by atoms with E-state index in [1.807, 2.05) is 24.4 Å². The summed E-state index contributed by atoms with van der Waals surface area (Å²) in [6.07, 6.45) is 5.95. The van der Waals surface area contributed by atoms with Gasteiger partial charge in [0, 0.05) is 43.6 Å². The van der Waals surface area contributed by atoms with Crippen LogP contribution in [0.2, 0.25) is 0 Å². The molecule has 9 rings (SSSR count). The van der Waals surface area contributed by atoms with E-state index in [2.05, 4.69) is 56.6 Å². The lowest BCUT2D eigenvalue weighted by molar-refractivity contribution is -0.136. The number of aryl methyl sites for hydroxylation is 1. The number of amides is 3. The molecule has 14 heteroatoms. The van der Waals surface area contributed by atoms with E-state index in [1.165, 1.54) is 6.07 Å². The number of likely N-dealkylation sites (tertiary alicyclic amines) is 1. The lowest BCUT2D eigenvalue weighted by atomic mass is 9.87. The summed E-state index contributed by atoms with van der Waals surface area (Å²) in [7, 11) is 0. The first kappa shape index (κ1) is 36.0. The summed E-state index contributed by atoms with van der Waals surface area (Å²) in [5.41, 5.74) is 6.19. The van der Waals surface area contributed by atoms with Gasteiger partial charge in [-0.25, -0.2) is 4.39 Å². The lowest BCUT2D eigenvalue weighted by Crippen LogP contribution is -2.52. The smallest absolute Gasteiger partial charge is 0.255 e. The Balaban J connectivity index is 0.818. The van der Waals surface area contributed by atoms with Gasteiger partial charge >= 0.3 is 0 Å². The van der Waals surface area contributed by atoms with Crippen molar-refractivity contribution in [3.05, 3.63) is 88.5 Å². The molecule has 0 unspecified atom stereocenters. The molecule has 3 N–H and O–H groups in total. The third-order valence-electron chi connectivity index (χ3n) is 12.6. The average molecular weight is 761 g/mol. The summed E-state index contributed by atoms with van der Waals surface area (Å²) in [6.45, 7) is 8.53. The lowest BCUT2D eigenvalue weighted by Gasteiger charge is -2.43. The zero-order chi connectivity index (χ0) is 38.7. The van der Waals surface area contributed by atoms with Gasteiger partial charge in [0.2, 0.25) is 11.8 Å². The molecule has 0 saturated carbocycles. The number of aromatic nitrogens is 3. The SMILES string of the molecule is CC[C@]12CNc3nnc(-c4cccc(F)c4O)cc3N1C[C@H](Oc1cnc(CN3CCC(c4ccc5c(c4)C(=O)N([C@H]4CCC(=O)NC4=O)C5)CC3)c(C)c1)C2. The molecule has 3 saturated heterocycles. The third kappa shape index (κ3) is 6.39. The second-order valence-electron chi connectivity index (χ2n) is 15.9. The Bertz CT molecular complexity index is 2240. The van der Waals surface area contributed by atoms with E-state index < -0.39 is 17.6 Å². The highest BCUT2D eigenvalue weighted by atomic mass is 19.1. The van der Waals surface area contributed by atoms with Gasteiger partial charge in [0.25, 0.3) is 5.91 Å². The molecule has 3 fully saturated rings. The largest absolute Gasteiger partial charge is 0.504 e. The third-order valence-corrected chi connectivity index (χ3v) is 12.6. The van der Waals surface area contributed by atoms with E-state index >= 15 is 0 Å². The summed E-state index contributed by atoms with van der Waals surface area (Å²) in [5, 5.41) is 24.9. The molecule has 4 aromatic rings. The van der Waals surface area contributed by atoms with E-state index in [9.17, 15) is 23.9 Å². The van der Waals surface area contributed by atoms with Gasteiger partial charge in [-0.15, -0.1) is 10.2 Å². The minimum Gasteiger partial charge on any atom is -0.504 e. The van der Waals surface area contributed by atoms with Crippen LogP contribution in [0.3, 0.4) is 0 Å². The zero-order valence-electron chi connectivity index (χ0n) is 31.6. The monoisotopic (exact) mass is 760 g/mol. The summed E-state index contributed by atoms with van der Waals surface area (Å²) in [6, 6.07) is 13.9. The molecule has 3 amide bonds. The van der Waals surface area contributed by atoms with E-state index in [0.29, 0.717) is 54.6 Å². The number of imide groups is 1. The highest BCUT2D eigenvalue weighted by molar-refractivity contribution is 6.05. The van der Waals surface area contributed by atoms with Gasteiger partial charge in [0.1, 0.15) is 17.9 Å². The number of hydrogen-bond donors (Lipinski definition) is 3. The van der Waals surface area contributed by atoms with Gasteiger partial charge in [0.05, 0.1) is 35.4 Å². The van der Waals surface area contributed by atoms with Crippen molar-refractivity contribution in [3.8, 4) is 22.8 Å². The Hall–Kier alpha value is -5.63. The summed E-state index contributed by atoms with van der Waals surface area (Å²) in [5.74, 6) is -0.228. The molecule has 5 aliphatic heterocycles. The van der Waals surface area contributed by atoms with Gasteiger partial charge < -0.3 is 25.0 Å². The van der Waals surface area contributed by atoms with Crippen LogP contribution in [0.1, 0.15) is 84.1 Å². The average Bonchev–Trinajstić information content (AvgIpc) is 3.74. The van der Waals surface area contributed by atoms with Crippen LogP contribution in [-0.2, 0) is 22.7 Å². The maximum atomic E-state index is 14.2. The van der Waals surface area contributed by atoms with E-state index in [4.69, 9.17) is 9.72 Å². The maximum absolute atomic E-state index is 14.2. The van der Waals surface area contributed by atoms with Crippen molar-refractivity contribution in [1.82, 2.24) is 30.3 Å². The van der Waals surface area contributed by atoms with E-state index in [1.54, 1.807) is 17.0 Å². The van der Waals surface area contributed by atoms with Crippen molar-refractivity contribution in [2.75, 3.05) is 36.4 Å². The molecule has 0 aliphatic carbocycles. The van der Waals surface area contributed by atoms with Crippen LogP contribution in [0.15, 0.2) is 54.7 Å². The van der Waals surface area contributed by atoms with Crippen LogP contribution in [0, 0.1) is 12.7 Å². The first-order chi connectivity index (χ1) is 27.1. The number of phenols is 1. The number of rotatable bonds is 8. The maximum Gasteiger partial charge on any atom is 0.255 e. The molecule has 0 bridgehead atoms. The van der Waals surface area contributed by atoms with Crippen LogP contribution >= 0.6 is 0 Å². The van der Waals surface area contributed by atoms with Gasteiger partial charge in [0.15, 0.2) is 17.4 Å². The van der Waals surface area contributed by atoms with E-state index in [-0.39, 0.29) is 35.8 Å². The number of hydrogen-bond acceptors (Lipinski definition) is 11. The number of phenolic OH excluding ortho intramolecular Hbond substituents is 1. The molecule has 0 spiro atoms. The minimum absolute atomic E-state index is 0.0945. The van der Waals surface area contributed by atoms with Crippen LogP contribution < -0.4 is 20.3 Å². The number of carbonyl (C=O) groups is 3. The minimum atomic E-state index is -0.702. The van der Waals surface area contributed by atoms with Gasteiger partial charge in [-0.2, -0.15) is 0 Å². The molecule has 56 heavy (non-hydrogen) atoms. The normalized spacial score (nSPS) is 23.7. The first-order valence-corrected chi connectivity index (χ1v) is 19.6. The highest BCUT2D eigenvalue weighted by Gasteiger charge is 2.49. The summed E-state index contributed by atoms with van der Waals surface area (Å²) < 4.78 is 20.8. The Kier molecular flexibility index (Phi) is 9.10. The molecule has 13 nitrogen and oxygen atoms in total. The quantitative estimate of drug-likeness (QED) is 0.207. The molecular formula is C42H45FN8O5. The number of aromatic hydroxyl groups is 1. The predicted molar refractivity (Wildman–Crippen MR) is 206 cm³/mol. The standard InChI is InChI=1S/C42H45FN8O5/c1-3-42-18-29(21-51(42)36-17-33(47-48-39(36)45-23-42)30-5-4-6-32(43)38(30)53)56-28-15-24(2)34(44-19-28)22-49-13-11-25(12-14-49)26-7-8-27-20-50(41(55)31(27)16-26)35-9-10-37(52)46-40(35)54/h4-8,15-17,19,25,29,35,53H,3,9-14,18,20-23H2,1-2H3,(H,45,48)(H,46,52,54)/t29-,35+,42+/m1/s1. The fourth-order valence-corrected chi connectivity index (χ4v) is 9.33. The molecular weight excluding hydrogens is 716 g/mol. The number of nitrogens with one attached hydrogen (secondary N) is 2. The molecule has 0 radical (unpaired) electrons. The molecule has 5 aliphatic rings. The van der Waals surface area contributed by atoms with Crippen LogP contribution in [0.4, 0.5) is 15.9 Å². The summed E-state index contributed by atoms with van der Waals surface area (Å²) >= 11 is 0. The number of halogens is 1. The number of carbonyl (C=O) groups excluding carboxylic acids is 3. The van der Waals surface area contributed by atoms with Crippen LogP contribution in [-0.4, -0.2) is 91.7 Å². The zero-order valence-corrected chi connectivity index (χ0v) is 31.6. The number of benzene rings is 2. The highest BCUT2D eigenvalue weighted by Crippen LogP contribution is 2.45. The number of pyridine rings is 1. The van der Waals surface area contributed by atoms with Crippen molar-refractivity contribution in [2.24, 2.45) is 0 Å². The molecule has 290 valence electrons. The number of fused-ring (bicyclic) bond motifs is 4. The Labute approximate surface area is 324 Å². The first-order valence-electron chi connectivity index (χ1n) is 19.6. The fraction of sp³-hybridized carbons (Fsp3) is 0.429. The second-order valence-corrected chi connectivity index (χ2v) is 15.9. The Morgan fingerprint density at radius 3 is 2.66 bits per heavy atom. The van der Waals surface area contributed by atoms with Crippen molar-refractivity contribution in [3.63, 3.8) is 0 Å². The topological polar surface area (TPSA) is 153 Å². The Morgan fingerprint density at radius 1 is 1.04 bits per heavy atom. The molecule has 2 aromatic heterocycles. The predicted octanol–water partition coefficient (Wildman–Crippen LogP) is 5.06. The second kappa shape index (κ2) is 14.1. The van der Waals surface area contributed by atoms with Crippen LogP contribution in [0.25, 0.3) is 11.3 Å². The molecule has 2 aromatic carbocycles. The summed E-state index contributed by atoms with van der Waals surface area (Å²) in [4.78, 5) is 48.7. The van der Waals surface area contributed by atoms with E-state index in [0.717, 1.165) is 79.1 Å². The van der Waals surface area contributed by atoms with Crippen molar-refractivity contribution in [2.45, 2.75) is 89.1 Å². The van der Waals surface area contributed by atoms with Crippen molar-refractivity contribution < 1.29 is 28.6 Å². The number of anilines is 2.